The maximum atomic E-state index is 6.10. The van der Waals surface area contributed by atoms with Crippen LogP contribution in [0.15, 0.2) is 10.5 Å². The number of nitrogens with zero attached hydrogens (tertiary/aromatic N) is 2. The Morgan fingerprint density at radius 3 is 2.79 bits per heavy atom. The summed E-state index contributed by atoms with van der Waals surface area (Å²) in [4.78, 5) is 10.4. The van der Waals surface area contributed by atoms with Crippen LogP contribution in [0, 0.1) is 0 Å². The first-order chi connectivity index (χ1) is 9.19. The second-order valence-electron chi connectivity index (χ2n) is 4.51. The van der Waals surface area contributed by atoms with Gasteiger partial charge in [0.15, 0.2) is 5.82 Å². The third-order valence-corrected chi connectivity index (χ3v) is 5.76. The van der Waals surface area contributed by atoms with Gasteiger partial charge in [-0.15, -0.1) is 11.3 Å². The second kappa shape index (κ2) is 5.38. The van der Waals surface area contributed by atoms with Gasteiger partial charge in [-0.3, -0.25) is 0 Å². The summed E-state index contributed by atoms with van der Waals surface area (Å²) in [5, 5.41) is 3.20. The van der Waals surface area contributed by atoms with Gasteiger partial charge < -0.3 is 5.32 Å². The van der Waals surface area contributed by atoms with Crippen LogP contribution in [0.2, 0.25) is 4.34 Å². The molecule has 0 aromatic carbocycles. The van der Waals surface area contributed by atoms with Crippen LogP contribution < -0.4 is 5.32 Å². The van der Waals surface area contributed by atoms with E-state index < -0.39 is 0 Å². The third kappa shape index (κ3) is 2.51. The zero-order valence-electron chi connectivity index (χ0n) is 10.5. The van der Waals surface area contributed by atoms with E-state index in [-0.39, 0.29) is 0 Å². The zero-order chi connectivity index (χ0) is 13.4. The number of nitrogens with one attached hydrogen (secondary N) is 1. The van der Waals surface area contributed by atoms with Gasteiger partial charge >= 0.3 is 0 Å². The SMILES string of the molecule is CNc1nc(-c2cc(Br)c(Cl)s2)nc2c1CCCC2. The van der Waals surface area contributed by atoms with Crippen molar-refractivity contribution in [3.8, 4) is 10.7 Å². The molecule has 1 N–H and O–H groups in total. The molecular formula is C13H13BrClN3S. The Morgan fingerprint density at radius 1 is 1.32 bits per heavy atom. The van der Waals surface area contributed by atoms with Crippen LogP contribution in [-0.2, 0) is 12.8 Å². The number of aryl methyl sites for hydroxylation is 1. The first-order valence-electron chi connectivity index (χ1n) is 6.22. The number of thiophene rings is 1. The van der Waals surface area contributed by atoms with Crippen molar-refractivity contribution in [1.82, 2.24) is 9.97 Å². The summed E-state index contributed by atoms with van der Waals surface area (Å²) >= 11 is 11.0. The standard InChI is InChI=1S/C13H13BrClN3S/c1-16-12-7-4-2-3-5-9(7)17-13(18-12)10-6-8(14)11(15)19-10/h6H,2-5H2,1H3,(H,16,17,18). The Hall–Kier alpha value is -0.650. The monoisotopic (exact) mass is 357 g/mol. The summed E-state index contributed by atoms with van der Waals surface area (Å²) in [5.41, 5.74) is 2.46. The summed E-state index contributed by atoms with van der Waals surface area (Å²) < 4.78 is 1.64. The molecule has 0 amide bonds. The lowest BCUT2D eigenvalue weighted by atomic mass is 9.96. The third-order valence-electron chi connectivity index (χ3n) is 3.29. The zero-order valence-corrected chi connectivity index (χ0v) is 13.6. The molecule has 0 atom stereocenters. The van der Waals surface area contributed by atoms with Crippen molar-refractivity contribution in [2.24, 2.45) is 0 Å². The highest BCUT2D eigenvalue weighted by Gasteiger charge is 2.19. The first kappa shape index (κ1) is 13.3. The molecule has 0 aliphatic heterocycles. The molecule has 100 valence electrons. The minimum atomic E-state index is 0.738. The molecule has 0 spiro atoms. The van der Waals surface area contributed by atoms with E-state index in [1.54, 1.807) is 0 Å². The number of fused-ring (bicyclic) bond motifs is 1. The summed E-state index contributed by atoms with van der Waals surface area (Å²) in [6.45, 7) is 0. The molecule has 0 saturated heterocycles. The van der Waals surface area contributed by atoms with Crippen LogP contribution in [0.5, 0.6) is 0 Å². The molecule has 3 nitrogen and oxygen atoms in total. The Bertz CT molecular complexity index is 590. The van der Waals surface area contributed by atoms with E-state index in [0.29, 0.717) is 0 Å². The summed E-state index contributed by atoms with van der Waals surface area (Å²) in [5.74, 6) is 1.72. The van der Waals surface area contributed by atoms with Crippen LogP contribution in [-0.4, -0.2) is 17.0 Å². The predicted molar refractivity (Wildman–Crippen MR) is 84.2 cm³/mol. The van der Waals surface area contributed by atoms with Gasteiger partial charge in [0.05, 0.1) is 4.88 Å². The molecule has 6 heteroatoms. The summed E-state index contributed by atoms with van der Waals surface area (Å²) in [6.07, 6.45) is 4.54. The summed E-state index contributed by atoms with van der Waals surface area (Å²) in [6, 6.07) is 1.98. The minimum Gasteiger partial charge on any atom is -0.373 e. The van der Waals surface area contributed by atoms with Gasteiger partial charge in [-0.2, -0.15) is 0 Å². The van der Waals surface area contributed by atoms with Gasteiger partial charge in [-0.05, 0) is 47.7 Å². The number of aromatic nitrogens is 2. The molecule has 19 heavy (non-hydrogen) atoms. The van der Waals surface area contributed by atoms with Crippen LogP contribution >= 0.6 is 38.9 Å². The maximum Gasteiger partial charge on any atom is 0.171 e. The van der Waals surface area contributed by atoms with E-state index in [1.165, 1.54) is 35.4 Å². The number of hydrogen-bond acceptors (Lipinski definition) is 4. The molecule has 2 heterocycles. The molecule has 0 radical (unpaired) electrons. The van der Waals surface area contributed by atoms with Crippen molar-refractivity contribution in [2.75, 3.05) is 12.4 Å². The van der Waals surface area contributed by atoms with Gasteiger partial charge in [0.1, 0.15) is 10.2 Å². The van der Waals surface area contributed by atoms with E-state index in [0.717, 1.165) is 38.2 Å². The number of halogens is 2. The fraction of sp³-hybridized carbons (Fsp3) is 0.385. The molecule has 0 bridgehead atoms. The van der Waals surface area contributed by atoms with E-state index in [9.17, 15) is 0 Å². The van der Waals surface area contributed by atoms with Gasteiger partial charge in [-0.25, -0.2) is 9.97 Å². The second-order valence-corrected chi connectivity index (χ2v) is 7.02. The van der Waals surface area contributed by atoms with Gasteiger partial charge in [0.25, 0.3) is 0 Å². The topological polar surface area (TPSA) is 37.8 Å². The van der Waals surface area contributed by atoms with E-state index in [2.05, 4.69) is 26.2 Å². The minimum absolute atomic E-state index is 0.738. The normalized spacial score (nSPS) is 14.3. The molecule has 3 rings (SSSR count). The lowest BCUT2D eigenvalue weighted by Gasteiger charge is -2.18. The fourth-order valence-corrected chi connectivity index (χ4v) is 4.00. The van der Waals surface area contributed by atoms with E-state index >= 15 is 0 Å². The fourth-order valence-electron chi connectivity index (χ4n) is 2.37. The van der Waals surface area contributed by atoms with Gasteiger partial charge in [0, 0.05) is 22.8 Å². The molecule has 0 saturated carbocycles. The number of rotatable bonds is 2. The molecular weight excluding hydrogens is 346 g/mol. The quantitative estimate of drug-likeness (QED) is 0.856. The van der Waals surface area contributed by atoms with Gasteiger partial charge in [-0.1, -0.05) is 11.6 Å². The Balaban J connectivity index is 2.11. The highest BCUT2D eigenvalue weighted by molar-refractivity contribution is 9.10. The average molecular weight is 359 g/mol. The van der Waals surface area contributed by atoms with Crippen molar-refractivity contribution in [2.45, 2.75) is 25.7 Å². The lowest BCUT2D eigenvalue weighted by Crippen LogP contribution is -2.11. The van der Waals surface area contributed by atoms with Crippen LogP contribution in [0.1, 0.15) is 24.1 Å². The largest absolute Gasteiger partial charge is 0.373 e. The number of anilines is 1. The maximum absolute atomic E-state index is 6.10. The number of hydrogen-bond donors (Lipinski definition) is 1. The Kier molecular flexibility index (Phi) is 3.78. The van der Waals surface area contributed by atoms with Crippen molar-refractivity contribution in [1.29, 1.82) is 0 Å². The van der Waals surface area contributed by atoms with E-state index in [4.69, 9.17) is 16.6 Å². The summed E-state index contributed by atoms with van der Waals surface area (Å²) in [7, 11) is 1.91. The lowest BCUT2D eigenvalue weighted by molar-refractivity contribution is 0.665. The molecule has 2 aromatic rings. The van der Waals surface area contributed by atoms with E-state index in [1.807, 2.05) is 13.1 Å². The Morgan fingerprint density at radius 2 is 2.11 bits per heavy atom. The van der Waals surface area contributed by atoms with Crippen LogP contribution in [0.4, 0.5) is 5.82 Å². The molecule has 2 aromatic heterocycles. The van der Waals surface area contributed by atoms with Crippen molar-refractivity contribution in [3.05, 3.63) is 26.1 Å². The highest BCUT2D eigenvalue weighted by Crippen LogP contribution is 2.38. The van der Waals surface area contributed by atoms with Crippen molar-refractivity contribution in [3.63, 3.8) is 0 Å². The van der Waals surface area contributed by atoms with Crippen LogP contribution in [0.3, 0.4) is 0 Å². The Labute approximate surface area is 129 Å². The first-order valence-corrected chi connectivity index (χ1v) is 8.20. The molecule has 0 fully saturated rings. The van der Waals surface area contributed by atoms with Crippen molar-refractivity contribution >= 4 is 44.7 Å². The average Bonchev–Trinajstić information content (AvgIpc) is 2.77. The smallest absolute Gasteiger partial charge is 0.171 e. The highest BCUT2D eigenvalue weighted by atomic mass is 79.9. The molecule has 0 unspecified atom stereocenters. The molecule has 1 aliphatic carbocycles. The van der Waals surface area contributed by atoms with Crippen LogP contribution in [0.25, 0.3) is 10.7 Å². The predicted octanol–water partition coefficient (Wildman–Crippen LogP) is 4.54. The van der Waals surface area contributed by atoms with Crippen molar-refractivity contribution < 1.29 is 0 Å². The molecule has 1 aliphatic rings. The van der Waals surface area contributed by atoms with Gasteiger partial charge in [0.2, 0.25) is 0 Å².